The van der Waals surface area contributed by atoms with Crippen LogP contribution in [0.25, 0.3) is 10.2 Å². The van der Waals surface area contributed by atoms with Gasteiger partial charge in [0.2, 0.25) is 0 Å². The number of methoxy groups -OCH3 is 2. The van der Waals surface area contributed by atoms with Gasteiger partial charge >= 0.3 is 5.97 Å². The molecule has 34 heavy (non-hydrogen) atoms. The highest BCUT2D eigenvalue weighted by molar-refractivity contribution is 7.91. The maximum Gasteiger partial charge on any atom is 0.337 e. The van der Waals surface area contributed by atoms with Crippen molar-refractivity contribution in [3.63, 3.8) is 0 Å². The van der Waals surface area contributed by atoms with Crippen molar-refractivity contribution in [3.8, 4) is 0 Å². The summed E-state index contributed by atoms with van der Waals surface area (Å²) in [5, 5.41) is 1.72. The zero-order chi connectivity index (χ0) is 24.3. The van der Waals surface area contributed by atoms with E-state index in [9.17, 15) is 18.0 Å². The Morgan fingerprint density at radius 1 is 1.24 bits per heavy atom. The summed E-state index contributed by atoms with van der Waals surface area (Å²) in [5.41, 5.74) is 1.24. The van der Waals surface area contributed by atoms with Crippen LogP contribution >= 0.6 is 22.7 Å². The lowest BCUT2D eigenvalue weighted by Gasteiger charge is -2.29. The normalized spacial score (nSPS) is 17.8. The molecule has 3 heterocycles. The van der Waals surface area contributed by atoms with E-state index in [0.717, 1.165) is 10.2 Å². The van der Waals surface area contributed by atoms with Crippen molar-refractivity contribution >= 4 is 54.8 Å². The van der Waals surface area contributed by atoms with E-state index in [1.54, 1.807) is 42.8 Å². The average molecular weight is 524 g/mol. The molecule has 1 aliphatic heterocycles. The van der Waals surface area contributed by atoms with Gasteiger partial charge in [-0.1, -0.05) is 17.4 Å². The molecule has 0 N–H and O–H groups in total. The largest absolute Gasteiger partial charge is 0.465 e. The molecule has 4 rings (SSSR count). The van der Waals surface area contributed by atoms with Crippen LogP contribution < -0.4 is 4.80 Å². The van der Waals surface area contributed by atoms with Gasteiger partial charge in [0.1, 0.15) is 4.21 Å². The van der Waals surface area contributed by atoms with Gasteiger partial charge in [-0.05, 0) is 42.5 Å². The van der Waals surface area contributed by atoms with Crippen LogP contribution in [0.1, 0.15) is 23.2 Å². The molecule has 0 aliphatic carbocycles. The Morgan fingerprint density at radius 2 is 2.06 bits per heavy atom. The Bertz CT molecular complexity index is 1360. The fourth-order valence-electron chi connectivity index (χ4n) is 3.89. The minimum atomic E-state index is -3.62. The number of esters is 1. The molecular formula is C22H25N3O6S3. The molecule has 1 aromatic carbocycles. The molecule has 0 saturated carbocycles. The quantitative estimate of drug-likeness (QED) is 0.441. The second-order valence-corrected chi connectivity index (χ2v) is 11.9. The number of carbonyl (C=O) groups excluding carboxylic acids is 2. The van der Waals surface area contributed by atoms with Gasteiger partial charge in [0.15, 0.2) is 4.80 Å². The number of rotatable bonds is 7. The monoisotopic (exact) mass is 523 g/mol. The van der Waals surface area contributed by atoms with E-state index in [2.05, 4.69) is 4.99 Å². The molecule has 12 heteroatoms. The second kappa shape index (κ2) is 10.5. The van der Waals surface area contributed by atoms with Crippen molar-refractivity contribution in [2.75, 3.05) is 33.9 Å². The number of fused-ring (bicyclic) bond motifs is 1. The van der Waals surface area contributed by atoms with E-state index in [4.69, 9.17) is 9.47 Å². The van der Waals surface area contributed by atoms with Gasteiger partial charge in [0.05, 0.1) is 35.4 Å². The highest BCUT2D eigenvalue weighted by Crippen LogP contribution is 2.27. The standard InChI is InChI=1S/C22H25N3O6S3/c1-30-11-10-25-17-8-7-15(21(27)31-2)13-18(17)33-22(25)23-20(26)16-5-3-9-24(14-16)34(28,29)19-6-4-12-32-19/h4,6-8,12-13,16H,3,5,9-11,14H2,1-2H3. The van der Waals surface area contributed by atoms with Gasteiger partial charge in [-0.3, -0.25) is 4.79 Å². The van der Waals surface area contributed by atoms with Gasteiger partial charge in [-0.15, -0.1) is 11.3 Å². The third-order valence-electron chi connectivity index (χ3n) is 5.65. The molecular weight excluding hydrogens is 498 g/mol. The van der Waals surface area contributed by atoms with Crippen LogP contribution in [-0.2, 0) is 30.8 Å². The minimum absolute atomic E-state index is 0.109. The lowest BCUT2D eigenvalue weighted by Crippen LogP contribution is -2.42. The molecule has 0 bridgehead atoms. The fraction of sp³-hybridized carbons (Fsp3) is 0.409. The van der Waals surface area contributed by atoms with E-state index >= 15 is 0 Å². The predicted molar refractivity (Wildman–Crippen MR) is 129 cm³/mol. The molecule has 3 aromatic rings. The van der Waals surface area contributed by atoms with E-state index < -0.39 is 21.9 Å². The number of benzene rings is 1. The van der Waals surface area contributed by atoms with Gasteiger partial charge in [-0.2, -0.15) is 9.30 Å². The maximum absolute atomic E-state index is 13.2. The Labute approximate surface area is 205 Å². The van der Waals surface area contributed by atoms with Crippen LogP contribution in [-0.4, -0.2) is 63.1 Å². The smallest absolute Gasteiger partial charge is 0.337 e. The van der Waals surface area contributed by atoms with E-state index in [-0.39, 0.29) is 16.7 Å². The van der Waals surface area contributed by atoms with Crippen molar-refractivity contribution in [1.29, 1.82) is 0 Å². The van der Waals surface area contributed by atoms with Crippen LogP contribution in [0.15, 0.2) is 44.9 Å². The number of aromatic nitrogens is 1. The van der Waals surface area contributed by atoms with Gasteiger partial charge < -0.3 is 14.0 Å². The van der Waals surface area contributed by atoms with E-state index in [0.29, 0.717) is 42.9 Å². The zero-order valence-corrected chi connectivity index (χ0v) is 21.2. The number of thiazole rings is 1. The van der Waals surface area contributed by atoms with Crippen LogP contribution in [0.3, 0.4) is 0 Å². The molecule has 182 valence electrons. The van der Waals surface area contributed by atoms with Crippen molar-refractivity contribution < 1.29 is 27.5 Å². The first kappa shape index (κ1) is 24.7. The first-order chi connectivity index (χ1) is 16.3. The first-order valence-corrected chi connectivity index (χ1v) is 13.8. The number of nitrogens with zero attached hydrogens (tertiary/aromatic N) is 3. The summed E-state index contributed by atoms with van der Waals surface area (Å²) in [6.07, 6.45) is 1.17. The molecule has 1 atom stereocenters. The number of ether oxygens (including phenoxy) is 2. The number of piperidine rings is 1. The molecule has 0 radical (unpaired) electrons. The fourth-order valence-corrected chi connectivity index (χ4v) is 7.66. The molecule has 1 fully saturated rings. The van der Waals surface area contributed by atoms with Crippen LogP contribution in [0.4, 0.5) is 0 Å². The molecule has 1 saturated heterocycles. The lowest BCUT2D eigenvalue weighted by atomic mass is 9.99. The Balaban J connectivity index is 1.65. The Morgan fingerprint density at radius 3 is 2.76 bits per heavy atom. The van der Waals surface area contributed by atoms with E-state index in [1.165, 1.54) is 34.1 Å². The predicted octanol–water partition coefficient (Wildman–Crippen LogP) is 2.73. The van der Waals surface area contributed by atoms with Crippen LogP contribution in [0.5, 0.6) is 0 Å². The van der Waals surface area contributed by atoms with Gasteiger partial charge in [0, 0.05) is 26.7 Å². The average Bonchev–Trinajstić information content (AvgIpc) is 3.50. The summed E-state index contributed by atoms with van der Waals surface area (Å²) >= 11 is 2.46. The van der Waals surface area contributed by atoms with Gasteiger partial charge in [0.25, 0.3) is 15.9 Å². The summed E-state index contributed by atoms with van der Waals surface area (Å²) in [6, 6.07) is 8.46. The molecule has 9 nitrogen and oxygen atoms in total. The topological polar surface area (TPSA) is 107 Å². The van der Waals surface area contributed by atoms with Crippen molar-refractivity contribution in [2.24, 2.45) is 10.9 Å². The first-order valence-electron chi connectivity index (χ1n) is 10.7. The number of thiophene rings is 1. The Hall–Kier alpha value is -2.38. The zero-order valence-electron chi connectivity index (χ0n) is 18.8. The van der Waals surface area contributed by atoms with Crippen molar-refractivity contribution in [3.05, 3.63) is 46.1 Å². The summed E-state index contributed by atoms with van der Waals surface area (Å²) in [6.45, 7) is 1.39. The molecule has 1 unspecified atom stereocenters. The lowest BCUT2D eigenvalue weighted by molar-refractivity contribution is -0.122. The SMILES string of the molecule is COCCn1c(=NC(=O)C2CCCN(S(=O)(=O)c3cccs3)C2)sc2cc(C(=O)OC)ccc21. The number of sulfonamides is 1. The number of amides is 1. The third-order valence-corrected chi connectivity index (χ3v) is 9.93. The molecule has 1 aliphatic rings. The van der Waals surface area contributed by atoms with Crippen molar-refractivity contribution in [1.82, 2.24) is 8.87 Å². The molecule has 2 aromatic heterocycles. The van der Waals surface area contributed by atoms with Crippen LogP contribution in [0, 0.1) is 5.92 Å². The van der Waals surface area contributed by atoms with Gasteiger partial charge in [-0.25, -0.2) is 13.2 Å². The summed E-state index contributed by atoms with van der Waals surface area (Å²) < 4.78 is 40.2. The van der Waals surface area contributed by atoms with Crippen molar-refractivity contribution in [2.45, 2.75) is 23.6 Å². The summed E-state index contributed by atoms with van der Waals surface area (Å²) in [7, 11) is -0.700. The number of carbonyl (C=O) groups is 2. The number of hydrogen-bond acceptors (Lipinski definition) is 8. The highest BCUT2D eigenvalue weighted by Gasteiger charge is 2.33. The van der Waals surface area contributed by atoms with E-state index in [1.807, 2.05) is 4.57 Å². The highest BCUT2D eigenvalue weighted by atomic mass is 32.2. The molecule has 1 amide bonds. The summed E-state index contributed by atoms with van der Waals surface area (Å²) in [4.78, 5) is 30.0. The second-order valence-electron chi connectivity index (χ2n) is 7.79. The third kappa shape index (κ3) is 5.01. The van der Waals surface area contributed by atoms with Crippen LogP contribution in [0.2, 0.25) is 0 Å². The maximum atomic E-state index is 13.2. The Kier molecular flexibility index (Phi) is 7.63. The summed E-state index contributed by atoms with van der Waals surface area (Å²) in [5.74, 6) is -1.31. The number of hydrogen-bond donors (Lipinski definition) is 0. The molecule has 0 spiro atoms. The minimum Gasteiger partial charge on any atom is -0.465 e.